The largest absolute Gasteiger partial charge is 0.480 e. The molecule has 1 fully saturated rings. The summed E-state index contributed by atoms with van der Waals surface area (Å²) in [6, 6.07) is 7.32. The number of aromatic amines is 1. The molecule has 1 saturated heterocycles. The van der Waals surface area contributed by atoms with Gasteiger partial charge < -0.3 is 10.1 Å². The van der Waals surface area contributed by atoms with Crippen LogP contribution in [0, 0.1) is 0 Å². The van der Waals surface area contributed by atoms with Crippen LogP contribution in [0.5, 0.6) is 0 Å². The number of carbonyl (C=O) groups is 1. The summed E-state index contributed by atoms with van der Waals surface area (Å²) in [5, 5.41) is 10.6. The third kappa shape index (κ3) is 2.35. The molecule has 0 amide bonds. The Balaban J connectivity index is 2.01. The van der Waals surface area contributed by atoms with E-state index in [0.29, 0.717) is 0 Å². The number of hydrogen-bond donors (Lipinski definition) is 2. The molecule has 0 aliphatic carbocycles. The van der Waals surface area contributed by atoms with Crippen molar-refractivity contribution in [1.29, 1.82) is 0 Å². The second-order valence-electron chi connectivity index (χ2n) is 4.68. The van der Waals surface area contributed by atoms with Gasteiger partial charge in [-0.1, -0.05) is 18.2 Å². The van der Waals surface area contributed by atoms with Gasteiger partial charge in [0.25, 0.3) is 0 Å². The van der Waals surface area contributed by atoms with E-state index in [1.807, 2.05) is 42.2 Å². The van der Waals surface area contributed by atoms with Crippen LogP contribution in [0.25, 0.3) is 10.9 Å². The fourth-order valence-electron chi connectivity index (χ4n) is 2.64. The number of thioether (sulfide) groups is 1. The average molecular weight is 276 g/mol. The van der Waals surface area contributed by atoms with E-state index in [-0.39, 0.29) is 0 Å². The zero-order valence-electron chi connectivity index (χ0n) is 10.5. The quantitative estimate of drug-likeness (QED) is 0.903. The van der Waals surface area contributed by atoms with Crippen LogP contribution in [0.15, 0.2) is 30.5 Å². The van der Waals surface area contributed by atoms with E-state index in [0.717, 1.165) is 41.1 Å². The Morgan fingerprint density at radius 1 is 1.32 bits per heavy atom. The van der Waals surface area contributed by atoms with Gasteiger partial charge in [-0.05, 0) is 6.07 Å². The van der Waals surface area contributed by atoms with Gasteiger partial charge in [0.2, 0.25) is 0 Å². The molecule has 2 aromatic rings. The van der Waals surface area contributed by atoms with Gasteiger partial charge in [0.15, 0.2) is 0 Å². The van der Waals surface area contributed by atoms with Gasteiger partial charge in [-0.25, -0.2) is 0 Å². The molecule has 0 spiro atoms. The van der Waals surface area contributed by atoms with Crippen LogP contribution in [-0.2, 0) is 4.79 Å². The van der Waals surface area contributed by atoms with Crippen LogP contribution in [-0.4, -0.2) is 45.6 Å². The van der Waals surface area contributed by atoms with Crippen LogP contribution in [0.4, 0.5) is 0 Å². The zero-order chi connectivity index (χ0) is 13.2. The lowest BCUT2D eigenvalue weighted by molar-refractivity contribution is -0.143. The standard InChI is InChI=1S/C14H16N2O2S/c17-14(18)13(16-5-7-19-8-6-16)11-9-15-12-4-2-1-3-10(11)12/h1-4,9,13,15H,5-8H2,(H,17,18)/t13-/m1/s1. The molecule has 19 heavy (non-hydrogen) atoms. The number of carboxylic acids is 1. The Morgan fingerprint density at radius 2 is 2.05 bits per heavy atom. The first-order valence-corrected chi connectivity index (χ1v) is 7.53. The lowest BCUT2D eigenvalue weighted by Crippen LogP contribution is -2.39. The number of benzene rings is 1. The van der Waals surface area contributed by atoms with Crippen molar-refractivity contribution < 1.29 is 9.90 Å². The molecule has 3 rings (SSSR count). The van der Waals surface area contributed by atoms with Crippen LogP contribution >= 0.6 is 11.8 Å². The summed E-state index contributed by atoms with van der Waals surface area (Å²) in [7, 11) is 0. The summed E-state index contributed by atoms with van der Waals surface area (Å²) in [6.45, 7) is 1.67. The molecule has 2 N–H and O–H groups in total. The number of hydrogen-bond acceptors (Lipinski definition) is 3. The summed E-state index contributed by atoms with van der Waals surface area (Å²) >= 11 is 1.89. The van der Waals surface area contributed by atoms with Crippen LogP contribution in [0.1, 0.15) is 11.6 Å². The van der Waals surface area contributed by atoms with E-state index in [2.05, 4.69) is 9.88 Å². The minimum absolute atomic E-state index is 0.544. The average Bonchev–Trinajstić information content (AvgIpc) is 2.84. The maximum absolute atomic E-state index is 11.7. The summed E-state index contributed by atoms with van der Waals surface area (Å²) in [5.41, 5.74) is 1.87. The summed E-state index contributed by atoms with van der Waals surface area (Å²) in [5.74, 6) is 1.25. The molecule has 0 radical (unpaired) electrons. The molecular formula is C14H16N2O2S. The van der Waals surface area contributed by atoms with Gasteiger partial charge in [-0.2, -0.15) is 11.8 Å². The molecule has 1 atom stereocenters. The maximum atomic E-state index is 11.7. The number of H-pyrrole nitrogens is 1. The van der Waals surface area contributed by atoms with E-state index in [1.165, 1.54) is 0 Å². The number of aromatic nitrogens is 1. The summed E-state index contributed by atoms with van der Waals surface area (Å²) in [4.78, 5) is 16.9. The maximum Gasteiger partial charge on any atom is 0.325 e. The van der Waals surface area contributed by atoms with Crippen molar-refractivity contribution >= 4 is 28.6 Å². The molecule has 100 valence electrons. The number of para-hydroxylation sites is 1. The van der Waals surface area contributed by atoms with Crippen molar-refractivity contribution in [2.75, 3.05) is 24.6 Å². The molecule has 1 aliphatic heterocycles. The normalized spacial score (nSPS) is 18.5. The highest BCUT2D eigenvalue weighted by Gasteiger charge is 2.30. The van der Waals surface area contributed by atoms with E-state index < -0.39 is 12.0 Å². The van der Waals surface area contributed by atoms with E-state index in [1.54, 1.807) is 0 Å². The number of nitrogens with one attached hydrogen (secondary N) is 1. The zero-order valence-corrected chi connectivity index (χ0v) is 11.3. The van der Waals surface area contributed by atoms with Gasteiger partial charge >= 0.3 is 5.97 Å². The van der Waals surface area contributed by atoms with Crippen LogP contribution in [0.3, 0.4) is 0 Å². The SMILES string of the molecule is O=C(O)[C@@H](c1c[nH]c2ccccc12)N1CCSCC1. The second-order valence-corrected chi connectivity index (χ2v) is 5.90. The summed E-state index contributed by atoms with van der Waals surface area (Å²) < 4.78 is 0. The molecule has 5 heteroatoms. The predicted molar refractivity (Wildman–Crippen MR) is 77.6 cm³/mol. The van der Waals surface area contributed by atoms with Gasteiger partial charge in [-0.3, -0.25) is 9.69 Å². The van der Waals surface area contributed by atoms with Crippen molar-refractivity contribution in [3.8, 4) is 0 Å². The molecule has 0 unspecified atom stereocenters. The van der Waals surface area contributed by atoms with Gasteiger partial charge in [0, 0.05) is 47.3 Å². The third-order valence-electron chi connectivity index (χ3n) is 3.56. The van der Waals surface area contributed by atoms with Gasteiger partial charge in [0.1, 0.15) is 6.04 Å². The highest BCUT2D eigenvalue weighted by Crippen LogP contribution is 2.30. The number of rotatable bonds is 3. The molecule has 1 aromatic carbocycles. The van der Waals surface area contributed by atoms with E-state index >= 15 is 0 Å². The van der Waals surface area contributed by atoms with Crippen LogP contribution in [0.2, 0.25) is 0 Å². The fourth-order valence-corrected chi connectivity index (χ4v) is 3.57. The van der Waals surface area contributed by atoms with Gasteiger partial charge in [-0.15, -0.1) is 0 Å². The lowest BCUT2D eigenvalue weighted by Gasteiger charge is -2.31. The Kier molecular flexibility index (Phi) is 3.48. The Hall–Kier alpha value is -1.46. The molecule has 1 aliphatic rings. The van der Waals surface area contributed by atoms with Gasteiger partial charge in [0.05, 0.1) is 0 Å². The molecule has 0 saturated carbocycles. The van der Waals surface area contributed by atoms with E-state index in [4.69, 9.17) is 0 Å². The van der Waals surface area contributed by atoms with E-state index in [9.17, 15) is 9.90 Å². The third-order valence-corrected chi connectivity index (χ3v) is 4.50. The number of fused-ring (bicyclic) bond motifs is 1. The molecular weight excluding hydrogens is 260 g/mol. The first kappa shape index (κ1) is 12.6. The highest BCUT2D eigenvalue weighted by molar-refractivity contribution is 7.99. The molecule has 4 nitrogen and oxygen atoms in total. The number of aliphatic carboxylic acids is 1. The minimum Gasteiger partial charge on any atom is -0.480 e. The first-order chi connectivity index (χ1) is 9.27. The first-order valence-electron chi connectivity index (χ1n) is 6.38. The molecule has 2 heterocycles. The minimum atomic E-state index is -0.767. The fraction of sp³-hybridized carbons (Fsp3) is 0.357. The number of carboxylic acid groups (broad SMARTS) is 1. The van der Waals surface area contributed by atoms with Crippen LogP contribution < -0.4 is 0 Å². The Bertz CT molecular complexity index is 590. The monoisotopic (exact) mass is 276 g/mol. The number of nitrogens with zero attached hydrogens (tertiary/aromatic N) is 1. The second kappa shape index (κ2) is 5.27. The molecule has 1 aromatic heterocycles. The van der Waals surface area contributed by atoms with Crippen molar-refractivity contribution in [3.63, 3.8) is 0 Å². The van der Waals surface area contributed by atoms with Crippen molar-refractivity contribution in [2.24, 2.45) is 0 Å². The predicted octanol–water partition coefficient (Wildman–Crippen LogP) is 2.34. The van der Waals surface area contributed by atoms with Crippen molar-refractivity contribution in [3.05, 3.63) is 36.0 Å². The smallest absolute Gasteiger partial charge is 0.325 e. The topological polar surface area (TPSA) is 56.3 Å². The molecule has 0 bridgehead atoms. The van der Waals surface area contributed by atoms with Crippen molar-refractivity contribution in [1.82, 2.24) is 9.88 Å². The highest BCUT2D eigenvalue weighted by atomic mass is 32.2. The Labute approximate surface area is 115 Å². The lowest BCUT2D eigenvalue weighted by atomic mass is 10.0. The summed E-state index contributed by atoms with van der Waals surface area (Å²) in [6.07, 6.45) is 1.84. The Morgan fingerprint density at radius 3 is 2.79 bits per heavy atom. The van der Waals surface area contributed by atoms with Crippen molar-refractivity contribution in [2.45, 2.75) is 6.04 Å².